The quantitative estimate of drug-likeness (QED) is 0.677. The first-order chi connectivity index (χ1) is 9.01. The van der Waals surface area contributed by atoms with Gasteiger partial charge in [0.1, 0.15) is 0 Å². The van der Waals surface area contributed by atoms with Crippen LogP contribution in [0.5, 0.6) is 0 Å². The molecule has 0 saturated heterocycles. The number of halogens is 1. The standard InChI is InChI=1S/C15H30N2O2.ClH/c1-4-19-10-9-15(7-5-6-8-15)11-17-14(18)12(2)13(3)16;/h12-13H,4-11,16H2,1-3H3,(H,17,18);1H. The summed E-state index contributed by atoms with van der Waals surface area (Å²) in [5, 5.41) is 3.10. The van der Waals surface area contributed by atoms with Crippen LogP contribution in [0.2, 0.25) is 0 Å². The van der Waals surface area contributed by atoms with Crippen molar-refractivity contribution in [1.82, 2.24) is 5.32 Å². The molecule has 1 fully saturated rings. The molecule has 0 bridgehead atoms. The number of nitrogens with one attached hydrogen (secondary N) is 1. The molecule has 1 amide bonds. The fraction of sp³-hybridized carbons (Fsp3) is 0.933. The van der Waals surface area contributed by atoms with Gasteiger partial charge in [-0.15, -0.1) is 12.4 Å². The number of amides is 1. The highest BCUT2D eigenvalue weighted by Crippen LogP contribution is 2.40. The van der Waals surface area contributed by atoms with E-state index < -0.39 is 0 Å². The molecule has 1 saturated carbocycles. The van der Waals surface area contributed by atoms with Crippen molar-refractivity contribution in [3.63, 3.8) is 0 Å². The van der Waals surface area contributed by atoms with Gasteiger partial charge in [0, 0.05) is 31.7 Å². The van der Waals surface area contributed by atoms with Crippen LogP contribution in [0.15, 0.2) is 0 Å². The van der Waals surface area contributed by atoms with Crippen LogP contribution in [0.25, 0.3) is 0 Å². The van der Waals surface area contributed by atoms with Gasteiger partial charge in [-0.2, -0.15) is 0 Å². The van der Waals surface area contributed by atoms with Crippen LogP contribution in [-0.4, -0.2) is 31.7 Å². The number of rotatable bonds is 8. The molecule has 0 aliphatic heterocycles. The Hall–Kier alpha value is -0.320. The first-order valence-electron chi connectivity index (χ1n) is 7.62. The van der Waals surface area contributed by atoms with E-state index in [4.69, 9.17) is 10.5 Å². The van der Waals surface area contributed by atoms with E-state index in [1.807, 2.05) is 20.8 Å². The van der Waals surface area contributed by atoms with Crippen molar-refractivity contribution >= 4 is 18.3 Å². The highest BCUT2D eigenvalue weighted by atomic mass is 35.5. The Labute approximate surface area is 129 Å². The topological polar surface area (TPSA) is 64.3 Å². The summed E-state index contributed by atoms with van der Waals surface area (Å²) in [4.78, 5) is 12.0. The van der Waals surface area contributed by atoms with Crippen LogP contribution in [-0.2, 0) is 9.53 Å². The third kappa shape index (κ3) is 5.98. The second kappa shape index (κ2) is 9.59. The molecular formula is C15H31ClN2O2. The van der Waals surface area contributed by atoms with Gasteiger partial charge in [-0.05, 0) is 38.5 Å². The summed E-state index contributed by atoms with van der Waals surface area (Å²) in [6.07, 6.45) is 5.99. The molecule has 1 aliphatic carbocycles. The molecule has 4 nitrogen and oxygen atoms in total. The lowest BCUT2D eigenvalue weighted by Crippen LogP contribution is -2.43. The molecule has 2 unspecified atom stereocenters. The molecule has 20 heavy (non-hydrogen) atoms. The van der Waals surface area contributed by atoms with Crippen LogP contribution in [0.4, 0.5) is 0 Å². The van der Waals surface area contributed by atoms with E-state index in [1.165, 1.54) is 25.7 Å². The Balaban J connectivity index is 0.00000361. The normalized spacial score (nSPS) is 20.0. The number of hydrogen-bond acceptors (Lipinski definition) is 3. The number of hydrogen-bond donors (Lipinski definition) is 2. The molecule has 0 aromatic carbocycles. The Morgan fingerprint density at radius 1 is 1.35 bits per heavy atom. The Kier molecular flexibility index (Phi) is 9.43. The van der Waals surface area contributed by atoms with Gasteiger partial charge in [0.15, 0.2) is 0 Å². The maximum Gasteiger partial charge on any atom is 0.224 e. The van der Waals surface area contributed by atoms with Crippen LogP contribution >= 0.6 is 12.4 Å². The fourth-order valence-electron chi connectivity index (χ4n) is 2.75. The highest BCUT2D eigenvalue weighted by Gasteiger charge is 2.34. The van der Waals surface area contributed by atoms with Gasteiger partial charge < -0.3 is 15.8 Å². The van der Waals surface area contributed by atoms with Crippen LogP contribution in [0, 0.1) is 11.3 Å². The van der Waals surface area contributed by atoms with Crippen molar-refractivity contribution in [3.05, 3.63) is 0 Å². The third-order valence-electron chi connectivity index (χ3n) is 4.48. The minimum atomic E-state index is -0.120. The predicted molar refractivity (Wildman–Crippen MR) is 85.1 cm³/mol. The van der Waals surface area contributed by atoms with Gasteiger partial charge >= 0.3 is 0 Å². The van der Waals surface area contributed by atoms with Crippen molar-refractivity contribution in [1.29, 1.82) is 0 Å². The lowest BCUT2D eigenvalue weighted by atomic mass is 9.82. The van der Waals surface area contributed by atoms with Crippen LogP contribution in [0.1, 0.15) is 52.9 Å². The van der Waals surface area contributed by atoms with E-state index in [-0.39, 0.29) is 35.7 Å². The molecule has 2 atom stereocenters. The molecule has 5 heteroatoms. The highest BCUT2D eigenvalue weighted by molar-refractivity contribution is 5.85. The average molecular weight is 307 g/mol. The van der Waals surface area contributed by atoms with Gasteiger partial charge in [0.05, 0.1) is 0 Å². The lowest BCUT2D eigenvalue weighted by Gasteiger charge is -2.30. The molecule has 0 aromatic heterocycles. The number of carbonyl (C=O) groups excluding carboxylic acids is 1. The molecule has 1 aliphatic rings. The monoisotopic (exact) mass is 306 g/mol. The largest absolute Gasteiger partial charge is 0.382 e. The van der Waals surface area contributed by atoms with Gasteiger partial charge in [-0.1, -0.05) is 19.8 Å². The maximum atomic E-state index is 12.0. The molecule has 0 spiro atoms. The summed E-state index contributed by atoms with van der Waals surface area (Å²) in [7, 11) is 0. The van der Waals surface area contributed by atoms with Gasteiger partial charge in [0.2, 0.25) is 5.91 Å². The summed E-state index contributed by atoms with van der Waals surface area (Å²) in [6.45, 7) is 8.13. The minimum absolute atomic E-state index is 0. The van der Waals surface area contributed by atoms with Gasteiger partial charge in [-0.3, -0.25) is 4.79 Å². The van der Waals surface area contributed by atoms with E-state index in [2.05, 4.69) is 5.32 Å². The number of ether oxygens (including phenoxy) is 1. The smallest absolute Gasteiger partial charge is 0.224 e. The van der Waals surface area contributed by atoms with E-state index in [0.717, 1.165) is 26.2 Å². The van der Waals surface area contributed by atoms with Crippen molar-refractivity contribution < 1.29 is 9.53 Å². The fourth-order valence-corrected chi connectivity index (χ4v) is 2.75. The first kappa shape index (κ1) is 19.7. The first-order valence-corrected chi connectivity index (χ1v) is 7.62. The molecule has 3 N–H and O–H groups in total. The van der Waals surface area contributed by atoms with E-state index in [1.54, 1.807) is 0 Å². The number of carbonyl (C=O) groups is 1. The summed E-state index contributed by atoms with van der Waals surface area (Å²) >= 11 is 0. The van der Waals surface area contributed by atoms with Crippen molar-refractivity contribution in [2.24, 2.45) is 17.1 Å². The Morgan fingerprint density at radius 3 is 2.45 bits per heavy atom. The van der Waals surface area contributed by atoms with E-state index >= 15 is 0 Å². The Bertz CT molecular complexity index is 279. The summed E-state index contributed by atoms with van der Waals surface area (Å²) in [5.74, 6) is -0.0389. The van der Waals surface area contributed by atoms with Gasteiger partial charge in [-0.25, -0.2) is 0 Å². The van der Waals surface area contributed by atoms with E-state index in [0.29, 0.717) is 0 Å². The van der Waals surface area contributed by atoms with Crippen molar-refractivity contribution in [3.8, 4) is 0 Å². The zero-order valence-corrected chi connectivity index (χ0v) is 13.9. The third-order valence-corrected chi connectivity index (χ3v) is 4.48. The molecule has 1 rings (SSSR count). The zero-order chi connectivity index (χ0) is 14.3. The summed E-state index contributed by atoms with van der Waals surface area (Å²) in [5.41, 5.74) is 6.02. The molecule has 0 radical (unpaired) electrons. The minimum Gasteiger partial charge on any atom is -0.382 e. The summed E-state index contributed by atoms with van der Waals surface area (Å²) in [6, 6.07) is -0.0945. The predicted octanol–water partition coefficient (Wildman–Crippen LogP) is 2.49. The van der Waals surface area contributed by atoms with Crippen LogP contribution < -0.4 is 11.1 Å². The second-order valence-electron chi connectivity index (χ2n) is 6.02. The molecular weight excluding hydrogens is 276 g/mol. The SMILES string of the molecule is CCOCCC1(CNC(=O)C(C)C(C)N)CCCC1.Cl. The van der Waals surface area contributed by atoms with Crippen LogP contribution in [0.3, 0.4) is 0 Å². The maximum absolute atomic E-state index is 12.0. The van der Waals surface area contributed by atoms with Crippen molar-refractivity contribution in [2.45, 2.75) is 58.9 Å². The molecule has 0 aromatic rings. The molecule has 120 valence electrons. The Morgan fingerprint density at radius 2 is 1.95 bits per heavy atom. The molecule has 0 heterocycles. The summed E-state index contributed by atoms with van der Waals surface area (Å²) < 4.78 is 5.48. The average Bonchev–Trinajstić information content (AvgIpc) is 2.84. The second-order valence-corrected chi connectivity index (χ2v) is 6.02. The number of nitrogens with two attached hydrogens (primary N) is 1. The lowest BCUT2D eigenvalue weighted by molar-refractivity contribution is -0.125. The van der Waals surface area contributed by atoms with Gasteiger partial charge in [0.25, 0.3) is 0 Å². The van der Waals surface area contributed by atoms with E-state index in [9.17, 15) is 4.79 Å². The zero-order valence-electron chi connectivity index (χ0n) is 13.1. The van der Waals surface area contributed by atoms with Crippen molar-refractivity contribution in [2.75, 3.05) is 19.8 Å².